The Balaban J connectivity index is 1.37. The van der Waals surface area contributed by atoms with Crippen molar-refractivity contribution in [3.05, 3.63) is 111 Å². The minimum atomic E-state index is -0.516. The molecule has 2 aliphatic heterocycles. The van der Waals surface area contributed by atoms with E-state index in [4.69, 9.17) is 33.0 Å². The molecule has 6 rings (SSSR count). The highest BCUT2D eigenvalue weighted by atomic mass is 35.5. The largest absolute Gasteiger partial charge is 0.285 e. The molecule has 2 aliphatic rings. The number of fused-ring (bicyclic) bond motifs is 4. The second-order valence-electron chi connectivity index (χ2n) is 7.90. The minimum absolute atomic E-state index is 0.165. The molecule has 0 N–H and O–H groups in total. The third-order valence-corrected chi connectivity index (χ3v) is 6.40. The van der Waals surface area contributed by atoms with Crippen molar-refractivity contribution in [2.24, 2.45) is 4.99 Å². The lowest BCUT2D eigenvalue weighted by molar-refractivity contribution is -0.103. The van der Waals surface area contributed by atoms with Crippen LogP contribution >= 0.6 is 23.2 Å². The van der Waals surface area contributed by atoms with E-state index >= 15 is 0 Å². The normalized spacial score (nSPS) is 14.3. The molecule has 4 aromatic rings. The number of carbonyl (C=O) groups excluding carboxylic acids is 2. The number of hydroxylamine groups is 2. The fourth-order valence-corrected chi connectivity index (χ4v) is 4.64. The fourth-order valence-electron chi connectivity index (χ4n) is 4.25. The summed E-state index contributed by atoms with van der Waals surface area (Å²) in [6, 6.07) is 19.4. The van der Waals surface area contributed by atoms with Gasteiger partial charge in [-0.25, -0.2) is 0 Å². The van der Waals surface area contributed by atoms with Gasteiger partial charge in [-0.2, -0.15) is 0 Å². The summed E-state index contributed by atoms with van der Waals surface area (Å²) in [7, 11) is 0. The molecule has 3 heterocycles. The number of rotatable bonds is 4. The summed E-state index contributed by atoms with van der Waals surface area (Å²) >= 11 is 12.8. The van der Waals surface area contributed by atoms with E-state index in [1.807, 2.05) is 30.3 Å². The zero-order valence-corrected chi connectivity index (χ0v) is 19.5. The summed E-state index contributed by atoms with van der Waals surface area (Å²) in [5.41, 5.74) is 3.51. The summed E-state index contributed by atoms with van der Waals surface area (Å²) in [6.07, 6.45) is 0. The Labute approximate surface area is 209 Å². The number of aliphatic imine (C=N–C) groups is 1. The molecule has 172 valence electrons. The SMILES string of the molecule is O=C1c2ccccc2C(=O)N1OCc1nnc2n1-c1ccc(Cl)cc1C(c1ccccc1Cl)=NC2. The highest BCUT2D eigenvalue weighted by Crippen LogP contribution is 2.31. The van der Waals surface area contributed by atoms with Crippen LogP contribution in [0.3, 0.4) is 0 Å². The lowest BCUT2D eigenvalue weighted by Crippen LogP contribution is -2.30. The molecule has 0 saturated heterocycles. The molecule has 0 radical (unpaired) electrons. The Morgan fingerprint density at radius 1 is 0.829 bits per heavy atom. The van der Waals surface area contributed by atoms with Crippen LogP contribution in [-0.4, -0.2) is 37.4 Å². The van der Waals surface area contributed by atoms with Gasteiger partial charge in [0, 0.05) is 21.2 Å². The number of carbonyl (C=O) groups is 2. The van der Waals surface area contributed by atoms with Gasteiger partial charge in [0.15, 0.2) is 11.6 Å². The number of halogens is 2. The summed E-state index contributed by atoms with van der Waals surface area (Å²) < 4.78 is 1.80. The molecule has 10 heteroatoms. The topological polar surface area (TPSA) is 89.7 Å². The average Bonchev–Trinajstić information content (AvgIpc) is 3.32. The third kappa shape index (κ3) is 3.54. The average molecular weight is 504 g/mol. The van der Waals surface area contributed by atoms with E-state index in [9.17, 15) is 9.59 Å². The van der Waals surface area contributed by atoms with Crippen LogP contribution in [0.4, 0.5) is 0 Å². The van der Waals surface area contributed by atoms with Crippen LogP contribution in [0.1, 0.15) is 43.5 Å². The van der Waals surface area contributed by atoms with Crippen molar-refractivity contribution in [2.45, 2.75) is 13.2 Å². The van der Waals surface area contributed by atoms with Crippen molar-refractivity contribution in [1.82, 2.24) is 19.8 Å². The molecular weight excluding hydrogens is 489 g/mol. The molecule has 3 aromatic carbocycles. The molecule has 0 bridgehead atoms. The first-order valence-electron chi connectivity index (χ1n) is 10.7. The van der Waals surface area contributed by atoms with E-state index < -0.39 is 11.8 Å². The molecule has 0 saturated carbocycles. The molecule has 1 aromatic heterocycles. The van der Waals surface area contributed by atoms with Gasteiger partial charge in [0.1, 0.15) is 13.2 Å². The van der Waals surface area contributed by atoms with Crippen molar-refractivity contribution in [3.8, 4) is 5.69 Å². The number of aromatic nitrogens is 3. The van der Waals surface area contributed by atoms with Crippen molar-refractivity contribution in [2.75, 3.05) is 0 Å². The van der Waals surface area contributed by atoms with Crippen LogP contribution < -0.4 is 0 Å². The number of nitrogens with zero attached hydrogens (tertiary/aromatic N) is 5. The van der Waals surface area contributed by atoms with E-state index in [0.717, 1.165) is 21.9 Å². The van der Waals surface area contributed by atoms with Gasteiger partial charge in [-0.05, 0) is 36.4 Å². The molecular formula is C25H15Cl2N5O3. The molecule has 8 nitrogen and oxygen atoms in total. The first-order chi connectivity index (χ1) is 17.0. The van der Waals surface area contributed by atoms with E-state index in [0.29, 0.717) is 38.5 Å². The lowest BCUT2D eigenvalue weighted by Gasteiger charge is -2.16. The first kappa shape index (κ1) is 21.7. The van der Waals surface area contributed by atoms with Gasteiger partial charge in [-0.1, -0.05) is 53.5 Å². The van der Waals surface area contributed by atoms with Crippen molar-refractivity contribution in [3.63, 3.8) is 0 Å². The second-order valence-corrected chi connectivity index (χ2v) is 8.74. The lowest BCUT2D eigenvalue weighted by atomic mass is 10.0. The first-order valence-corrected chi connectivity index (χ1v) is 11.4. The van der Waals surface area contributed by atoms with Gasteiger partial charge in [0.25, 0.3) is 11.8 Å². The number of hydrogen-bond donors (Lipinski definition) is 0. The quantitative estimate of drug-likeness (QED) is 0.378. The van der Waals surface area contributed by atoms with Gasteiger partial charge in [0.05, 0.1) is 22.5 Å². The summed E-state index contributed by atoms with van der Waals surface area (Å²) in [4.78, 5) is 35.8. The monoisotopic (exact) mass is 503 g/mol. The van der Waals surface area contributed by atoms with E-state index in [1.165, 1.54) is 0 Å². The molecule has 2 amide bonds. The maximum atomic E-state index is 12.7. The van der Waals surface area contributed by atoms with E-state index in [2.05, 4.69) is 10.2 Å². The van der Waals surface area contributed by atoms with Gasteiger partial charge >= 0.3 is 0 Å². The molecule has 0 atom stereocenters. The van der Waals surface area contributed by atoms with Crippen LogP contribution in [0.25, 0.3) is 5.69 Å². The van der Waals surface area contributed by atoms with Gasteiger partial charge < -0.3 is 0 Å². The minimum Gasteiger partial charge on any atom is -0.279 e. The predicted molar refractivity (Wildman–Crippen MR) is 129 cm³/mol. The van der Waals surface area contributed by atoms with E-state index in [1.54, 1.807) is 41.0 Å². The summed E-state index contributed by atoms with van der Waals surface area (Å²) in [6.45, 7) is 0.0643. The van der Waals surface area contributed by atoms with Gasteiger partial charge in [-0.15, -0.1) is 15.3 Å². The third-order valence-electron chi connectivity index (χ3n) is 5.84. The zero-order chi connectivity index (χ0) is 24.1. The number of hydrogen-bond acceptors (Lipinski definition) is 6. The molecule has 35 heavy (non-hydrogen) atoms. The summed E-state index contributed by atoms with van der Waals surface area (Å²) in [5, 5.41) is 10.4. The Morgan fingerprint density at radius 3 is 2.23 bits per heavy atom. The Bertz CT molecular complexity index is 1530. The van der Waals surface area contributed by atoms with Crippen LogP contribution in [0.2, 0.25) is 10.0 Å². The molecule has 0 fully saturated rings. The summed E-state index contributed by atoms with van der Waals surface area (Å²) in [5.74, 6) is -0.0669. The number of benzene rings is 3. The number of amides is 2. The fraction of sp³-hybridized carbons (Fsp3) is 0.0800. The maximum Gasteiger partial charge on any atom is 0.285 e. The van der Waals surface area contributed by atoms with Crippen molar-refractivity contribution >= 4 is 40.7 Å². The van der Waals surface area contributed by atoms with Crippen molar-refractivity contribution in [1.29, 1.82) is 0 Å². The highest BCUT2D eigenvalue weighted by Gasteiger charge is 2.37. The standard InChI is InChI=1S/C25H15Cl2N5O3/c26-14-9-10-20-18(11-14)23(17-7-3-4-8-19(17)27)28-12-21-29-30-22(31(20)21)13-35-32-24(33)15-5-1-2-6-16(15)25(32)34/h1-11H,12-13H2. The predicted octanol–water partition coefficient (Wildman–Crippen LogP) is 4.65. The molecule has 0 unspecified atom stereocenters. The van der Waals surface area contributed by atoms with Gasteiger partial charge in [-0.3, -0.25) is 24.0 Å². The molecule has 0 aliphatic carbocycles. The number of imide groups is 1. The maximum absolute atomic E-state index is 12.7. The zero-order valence-electron chi connectivity index (χ0n) is 18.0. The smallest absolute Gasteiger partial charge is 0.279 e. The van der Waals surface area contributed by atoms with Crippen LogP contribution in [-0.2, 0) is 18.0 Å². The van der Waals surface area contributed by atoms with Crippen LogP contribution in [0.5, 0.6) is 0 Å². The highest BCUT2D eigenvalue weighted by molar-refractivity contribution is 6.36. The Kier molecular flexibility index (Phi) is 5.21. The van der Waals surface area contributed by atoms with Crippen LogP contribution in [0.15, 0.2) is 71.7 Å². The second kappa shape index (κ2) is 8.42. The Hall–Kier alpha value is -3.85. The van der Waals surface area contributed by atoms with Crippen molar-refractivity contribution < 1.29 is 14.4 Å². The van der Waals surface area contributed by atoms with Crippen LogP contribution in [0, 0.1) is 0 Å². The Morgan fingerprint density at radius 2 is 1.51 bits per heavy atom. The van der Waals surface area contributed by atoms with Gasteiger partial charge in [0.2, 0.25) is 0 Å². The van der Waals surface area contributed by atoms with E-state index in [-0.39, 0.29) is 13.2 Å². The molecule has 0 spiro atoms.